The van der Waals surface area contributed by atoms with E-state index in [1.807, 2.05) is 20.8 Å². The first-order chi connectivity index (χ1) is 10.3. The number of carbonyl (C=O) groups excluding carboxylic acids is 1. The number of alkyl carbamates (subject to hydrolysis) is 1. The van der Waals surface area contributed by atoms with Crippen LogP contribution in [0.1, 0.15) is 66.2 Å². The Labute approximate surface area is 135 Å². The summed E-state index contributed by atoms with van der Waals surface area (Å²) in [6.45, 7) is 8.71. The number of ether oxygens (including phenoxy) is 1. The number of aliphatic hydroxyl groups excluding tert-OH is 1. The van der Waals surface area contributed by atoms with Gasteiger partial charge in [-0.05, 0) is 59.3 Å². The van der Waals surface area contributed by atoms with E-state index in [2.05, 4.69) is 17.6 Å². The van der Waals surface area contributed by atoms with Crippen LogP contribution in [0, 0.1) is 5.92 Å². The molecule has 0 saturated heterocycles. The molecule has 0 bridgehead atoms. The average molecular weight is 314 g/mol. The molecule has 1 rings (SSSR count). The minimum atomic E-state index is -0.451. The number of rotatable bonds is 7. The van der Waals surface area contributed by atoms with Gasteiger partial charge in [0.2, 0.25) is 0 Å². The molecule has 0 aromatic carbocycles. The monoisotopic (exact) mass is 314 g/mol. The third kappa shape index (κ3) is 7.99. The normalized spacial score (nSPS) is 23.9. The maximum atomic E-state index is 11.8. The van der Waals surface area contributed by atoms with Crippen LogP contribution in [-0.2, 0) is 4.74 Å². The minimum absolute atomic E-state index is 0.250. The zero-order valence-corrected chi connectivity index (χ0v) is 14.7. The zero-order valence-electron chi connectivity index (χ0n) is 14.7. The highest BCUT2D eigenvalue weighted by Crippen LogP contribution is 2.24. The van der Waals surface area contributed by atoms with Gasteiger partial charge in [0.25, 0.3) is 0 Å². The first-order valence-electron chi connectivity index (χ1n) is 8.65. The van der Waals surface area contributed by atoms with Crippen molar-refractivity contribution in [3.63, 3.8) is 0 Å². The number of aliphatic hydroxyl groups is 1. The Morgan fingerprint density at radius 3 is 2.64 bits per heavy atom. The first kappa shape index (κ1) is 19.2. The molecule has 0 aliphatic heterocycles. The maximum absolute atomic E-state index is 11.8. The van der Waals surface area contributed by atoms with E-state index in [9.17, 15) is 4.79 Å². The number of hydrogen-bond donors (Lipinski definition) is 3. The molecule has 1 fully saturated rings. The van der Waals surface area contributed by atoms with Crippen molar-refractivity contribution >= 4 is 6.09 Å². The Kier molecular flexibility index (Phi) is 8.18. The van der Waals surface area contributed by atoms with Crippen LogP contribution in [0.5, 0.6) is 0 Å². The smallest absolute Gasteiger partial charge is 0.407 e. The van der Waals surface area contributed by atoms with Gasteiger partial charge in [0.15, 0.2) is 0 Å². The topological polar surface area (TPSA) is 70.6 Å². The number of carbonyl (C=O) groups is 1. The van der Waals surface area contributed by atoms with Gasteiger partial charge < -0.3 is 20.5 Å². The van der Waals surface area contributed by atoms with E-state index in [-0.39, 0.29) is 12.7 Å². The molecule has 1 amide bonds. The molecule has 3 N–H and O–H groups in total. The highest BCUT2D eigenvalue weighted by Gasteiger charge is 2.27. The van der Waals surface area contributed by atoms with Gasteiger partial charge in [0.1, 0.15) is 5.60 Å². The highest BCUT2D eigenvalue weighted by atomic mass is 16.6. The lowest BCUT2D eigenvalue weighted by molar-refractivity contribution is 0.0510. The summed E-state index contributed by atoms with van der Waals surface area (Å²) >= 11 is 0. The molecule has 1 saturated carbocycles. The van der Waals surface area contributed by atoms with Crippen LogP contribution in [-0.4, -0.2) is 42.0 Å². The van der Waals surface area contributed by atoms with Crippen molar-refractivity contribution in [2.45, 2.75) is 83.9 Å². The summed E-state index contributed by atoms with van der Waals surface area (Å²) in [5.41, 5.74) is -0.451. The number of amides is 1. The summed E-state index contributed by atoms with van der Waals surface area (Å²) in [6, 6.07) is 0.844. The quantitative estimate of drug-likeness (QED) is 0.676. The molecule has 130 valence electrons. The molecule has 0 aromatic heterocycles. The molecule has 3 unspecified atom stereocenters. The molecule has 1 aliphatic carbocycles. The molecular formula is C17H34N2O3. The van der Waals surface area contributed by atoms with Crippen molar-refractivity contribution < 1.29 is 14.6 Å². The maximum Gasteiger partial charge on any atom is 0.407 e. The second-order valence-electron chi connectivity index (χ2n) is 7.47. The van der Waals surface area contributed by atoms with Gasteiger partial charge in [-0.1, -0.05) is 12.8 Å². The Morgan fingerprint density at radius 2 is 2.00 bits per heavy atom. The predicted octanol–water partition coefficient (Wildman–Crippen LogP) is 2.82. The Balaban J connectivity index is 2.39. The lowest BCUT2D eigenvalue weighted by Crippen LogP contribution is -2.47. The minimum Gasteiger partial charge on any atom is -0.444 e. The molecule has 0 aromatic rings. The first-order valence-corrected chi connectivity index (χ1v) is 8.65. The fourth-order valence-electron chi connectivity index (χ4n) is 3.05. The molecule has 0 spiro atoms. The van der Waals surface area contributed by atoms with Gasteiger partial charge in [-0.15, -0.1) is 0 Å². The molecule has 3 atom stereocenters. The van der Waals surface area contributed by atoms with Gasteiger partial charge in [-0.3, -0.25) is 0 Å². The van der Waals surface area contributed by atoms with Crippen LogP contribution in [0.15, 0.2) is 0 Å². The molecule has 0 radical (unpaired) electrons. The van der Waals surface area contributed by atoms with E-state index in [4.69, 9.17) is 9.84 Å². The van der Waals surface area contributed by atoms with Crippen molar-refractivity contribution in [2.75, 3.05) is 13.2 Å². The largest absolute Gasteiger partial charge is 0.444 e. The Hall–Kier alpha value is -0.810. The van der Waals surface area contributed by atoms with Crippen LogP contribution in [0.25, 0.3) is 0 Å². The fraction of sp³-hybridized carbons (Fsp3) is 0.941. The fourth-order valence-corrected chi connectivity index (χ4v) is 3.05. The number of nitrogens with one attached hydrogen (secondary N) is 2. The van der Waals surface area contributed by atoms with Crippen LogP contribution < -0.4 is 10.6 Å². The van der Waals surface area contributed by atoms with Crippen molar-refractivity contribution in [3.8, 4) is 0 Å². The van der Waals surface area contributed by atoms with Gasteiger partial charge in [-0.25, -0.2) is 4.79 Å². The van der Waals surface area contributed by atoms with Gasteiger partial charge >= 0.3 is 6.09 Å². The van der Waals surface area contributed by atoms with E-state index in [0.29, 0.717) is 24.5 Å². The lowest BCUT2D eigenvalue weighted by Gasteiger charge is -2.34. The van der Waals surface area contributed by atoms with Gasteiger partial charge in [-0.2, -0.15) is 0 Å². The summed E-state index contributed by atoms with van der Waals surface area (Å²) in [7, 11) is 0. The van der Waals surface area contributed by atoms with Gasteiger partial charge in [0.05, 0.1) is 0 Å². The van der Waals surface area contributed by atoms with Crippen molar-refractivity contribution in [2.24, 2.45) is 5.92 Å². The van der Waals surface area contributed by atoms with Crippen LogP contribution >= 0.6 is 0 Å². The Bertz CT molecular complexity index is 328. The summed E-state index contributed by atoms with van der Waals surface area (Å²) in [6.07, 6.45) is 6.26. The molecular weight excluding hydrogens is 280 g/mol. The van der Waals surface area contributed by atoms with E-state index >= 15 is 0 Å². The molecule has 5 heteroatoms. The van der Waals surface area contributed by atoms with Crippen LogP contribution in [0.2, 0.25) is 0 Å². The zero-order chi connectivity index (χ0) is 16.6. The number of hydrogen-bond acceptors (Lipinski definition) is 4. The average Bonchev–Trinajstić information content (AvgIpc) is 2.42. The van der Waals surface area contributed by atoms with E-state index < -0.39 is 5.60 Å². The molecule has 0 heterocycles. The molecule has 22 heavy (non-hydrogen) atoms. The third-order valence-electron chi connectivity index (χ3n) is 4.11. The SMILES string of the molecule is CC(CCCO)NC1CCCCC1CNC(=O)OC(C)(C)C. The van der Waals surface area contributed by atoms with Crippen LogP contribution in [0.3, 0.4) is 0 Å². The summed E-state index contributed by atoms with van der Waals surface area (Å²) in [5.74, 6) is 0.456. The summed E-state index contributed by atoms with van der Waals surface area (Å²) < 4.78 is 5.30. The predicted molar refractivity (Wildman–Crippen MR) is 88.9 cm³/mol. The van der Waals surface area contributed by atoms with Crippen molar-refractivity contribution in [3.05, 3.63) is 0 Å². The summed E-state index contributed by atoms with van der Waals surface area (Å²) in [4.78, 5) is 11.8. The van der Waals surface area contributed by atoms with Crippen molar-refractivity contribution in [1.82, 2.24) is 10.6 Å². The van der Waals surface area contributed by atoms with E-state index in [1.54, 1.807) is 0 Å². The lowest BCUT2D eigenvalue weighted by atomic mass is 9.84. The molecule has 1 aliphatic rings. The van der Waals surface area contributed by atoms with E-state index in [0.717, 1.165) is 25.7 Å². The second-order valence-corrected chi connectivity index (χ2v) is 7.47. The van der Waals surface area contributed by atoms with Gasteiger partial charge in [0, 0.05) is 25.2 Å². The van der Waals surface area contributed by atoms with Crippen molar-refractivity contribution in [1.29, 1.82) is 0 Å². The molecule has 5 nitrogen and oxygen atoms in total. The van der Waals surface area contributed by atoms with E-state index in [1.165, 1.54) is 12.8 Å². The highest BCUT2D eigenvalue weighted by molar-refractivity contribution is 5.67. The third-order valence-corrected chi connectivity index (χ3v) is 4.11. The standard InChI is InChI=1S/C17H34N2O3/c1-13(8-7-11-20)19-15-10-6-5-9-14(15)12-18-16(21)22-17(2,3)4/h13-15,19-20H,5-12H2,1-4H3,(H,18,21). The summed E-state index contributed by atoms with van der Waals surface area (Å²) in [5, 5.41) is 15.5. The second kappa shape index (κ2) is 9.36. The van der Waals surface area contributed by atoms with Crippen LogP contribution in [0.4, 0.5) is 4.79 Å². The Morgan fingerprint density at radius 1 is 1.32 bits per heavy atom.